The number of aliphatic hydroxyl groups excluding tert-OH is 1. The summed E-state index contributed by atoms with van der Waals surface area (Å²) in [6.07, 6.45) is 3.42. The topological polar surface area (TPSA) is 179 Å². The summed E-state index contributed by atoms with van der Waals surface area (Å²) in [5.74, 6) is -0.761. The molecule has 3 aromatic carbocycles. The fourth-order valence-electron chi connectivity index (χ4n) is 9.67. The number of aryl methyl sites for hydroxylation is 1. The van der Waals surface area contributed by atoms with E-state index in [2.05, 4.69) is 20.5 Å². The van der Waals surface area contributed by atoms with Gasteiger partial charge in [-0.2, -0.15) is 0 Å². The number of nitrogens with one attached hydrogen (secondary N) is 1. The molecule has 0 radical (unpaired) electrons. The molecule has 4 aliphatic heterocycles. The summed E-state index contributed by atoms with van der Waals surface area (Å²) in [5, 5.41) is 33.1. The van der Waals surface area contributed by atoms with E-state index in [9.17, 15) is 29.6 Å². The van der Waals surface area contributed by atoms with E-state index in [1.54, 1.807) is 21.8 Å². The maximum absolute atomic E-state index is 15.0. The third-order valence-electron chi connectivity index (χ3n) is 12.3. The number of aliphatic hydroxyl groups is 1. The van der Waals surface area contributed by atoms with Crippen molar-refractivity contribution in [3.05, 3.63) is 106 Å². The van der Waals surface area contributed by atoms with Gasteiger partial charge in [0, 0.05) is 66.3 Å². The van der Waals surface area contributed by atoms with Gasteiger partial charge in [0.2, 0.25) is 0 Å². The number of amides is 2. The smallest absolute Gasteiger partial charge is 0.269 e. The molecule has 0 unspecified atom stereocenters. The van der Waals surface area contributed by atoms with Crippen LogP contribution in [0.1, 0.15) is 43.0 Å². The average molecular weight is 781 g/mol. The number of aromatic nitrogens is 3. The minimum atomic E-state index is -2.99. The summed E-state index contributed by atoms with van der Waals surface area (Å²) < 4.78 is 8.55. The molecule has 2 amide bonds. The van der Waals surface area contributed by atoms with Crippen LogP contribution < -0.4 is 20.0 Å². The lowest BCUT2D eigenvalue weighted by molar-refractivity contribution is -0.385. The van der Waals surface area contributed by atoms with Crippen molar-refractivity contribution in [2.75, 3.05) is 41.1 Å². The Morgan fingerprint density at radius 3 is 2.43 bits per heavy atom. The highest BCUT2D eigenvalue weighted by molar-refractivity contribution is 6.71. The SMILES string of the molecule is C[C@H]1[C@H]([Si](C)(C)O)[C@@H](CCn2cc(CCO)nn2)O[C@]12C(=O)N(Cc1ccc(N3CN(c4ccccc4)C4(CCNCC4)C3=O)cc1)c1ccc([N+](=O)[O-])cc12. The molecule has 294 valence electrons. The quantitative estimate of drug-likeness (QED) is 0.113. The molecule has 3 N–H and O–H groups in total. The summed E-state index contributed by atoms with van der Waals surface area (Å²) in [6, 6.07) is 22.2. The molecule has 4 aliphatic rings. The fraction of sp³-hybridized carbons (Fsp3) is 0.450. The van der Waals surface area contributed by atoms with Crippen LogP contribution in [0.25, 0.3) is 0 Å². The van der Waals surface area contributed by atoms with Gasteiger partial charge in [0.25, 0.3) is 17.5 Å². The summed E-state index contributed by atoms with van der Waals surface area (Å²) >= 11 is 0. The second kappa shape index (κ2) is 14.5. The number of ether oxygens (including phenoxy) is 1. The molecular weight excluding hydrogens is 733 g/mol. The van der Waals surface area contributed by atoms with Crippen molar-refractivity contribution >= 4 is 42.9 Å². The lowest BCUT2D eigenvalue weighted by atomic mass is 9.82. The Balaban J connectivity index is 1.08. The minimum absolute atomic E-state index is 0.0461. The molecule has 1 aromatic heterocycles. The first-order valence-corrected chi connectivity index (χ1v) is 22.3. The van der Waals surface area contributed by atoms with Gasteiger partial charge in [0.1, 0.15) is 5.54 Å². The van der Waals surface area contributed by atoms with Crippen molar-refractivity contribution in [3.8, 4) is 0 Å². The second-order valence-electron chi connectivity index (χ2n) is 16.0. The molecule has 2 spiro atoms. The normalized spacial score (nSPS) is 24.5. The van der Waals surface area contributed by atoms with Gasteiger partial charge < -0.3 is 29.8 Å². The lowest BCUT2D eigenvalue weighted by Crippen LogP contribution is -2.55. The van der Waals surface area contributed by atoms with E-state index >= 15 is 0 Å². The number of nitro groups is 1. The van der Waals surface area contributed by atoms with Crippen LogP contribution in [0.15, 0.2) is 79.0 Å². The molecule has 3 saturated heterocycles. The number of hydrogen-bond acceptors (Lipinski definition) is 11. The van der Waals surface area contributed by atoms with Crippen LogP contribution in [0, 0.1) is 16.0 Å². The maximum Gasteiger partial charge on any atom is 0.269 e. The van der Waals surface area contributed by atoms with Crippen molar-refractivity contribution in [2.45, 2.75) is 81.6 Å². The summed E-state index contributed by atoms with van der Waals surface area (Å²) in [6.45, 7) is 8.04. The van der Waals surface area contributed by atoms with Crippen molar-refractivity contribution < 1.29 is 29.2 Å². The molecule has 56 heavy (non-hydrogen) atoms. The molecule has 3 fully saturated rings. The van der Waals surface area contributed by atoms with Gasteiger partial charge in [-0.1, -0.05) is 42.5 Å². The summed E-state index contributed by atoms with van der Waals surface area (Å²) in [7, 11) is -2.99. The average Bonchev–Trinajstić information content (AvgIpc) is 3.90. The molecule has 4 aromatic rings. The zero-order valence-corrected chi connectivity index (χ0v) is 32.9. The Bertz CT molecular complexity index is 2120. The Hall–Kier alpha value is -5.00. The number of anilines is 3. The second-order valence-corrected chi connectivity index (χ2v) is 20.0. The molecule has 16 heteroatoms. The number of carbonyl (C=O) groups is 2. The van der Waals surface area contributed by atoms with Crippen LogP contribution in [0.2, 0.25) is 18.6 Å². The number of piperidine rings is 1. The van der Waals surface area contributed by atoms with Gasteiger partial charge in [-0.25, -0.2) is 0 Å². The number of benzene rings is 3. The number of non-ortho nitro benzene ring substituents is 1. The van der Waals surface area contributed by atoms with Crippen LogP contribution in [-0.2, 0) is 39.4 Å². The van der Waals surface area contributed by atoms with Crippen molar-refractivity contribution in [2.24, 2.45) is 5.92 Å². The molecule has 15 nitrogen and oxygen atoms in total. The van der Waals surface area contributed by atoms with E-state index in [-0.39, 0.29) is 36.2 Å². The van der Waals surface area contributed by atoms with Crippen LogP contribution >= 0.6 is 0 Å². The van der Waals surface area contributed by atoms with Crippen LogP contribution in [0.4, 0.5) is 22.7 Å². The third kappa shape index (κ3) is 6.29. The highest BCUT2D eigenvalue weighted by atomic mass is 28.4. The number of hydrogen-bond donors (Lipinski definition) is 3. The number of fused-ring (bicyclic) bond motifs is 2. The van der Waals surface area contributed by atoms with Crippen molar-refractivity contribution in [1.82, 2.24) is 20.3 Å². The largest absolute Gasteiger partial charge is 0.432 e. The van der Waals surface area contributed by atoms with E-state index < -0.39 is 36.4 Å². The first kappa shape index (κ1) is 37.9. The van der Waals surface area contributed by atoms with Crippen LogP contribution in [0.5, 0.6) is 0 Å². The number of nitro benzene ring substituents is 1. The number of nitrogens with zero attached hydrogens (tertiary/aromatic N) is 7. The molecule has 8 rings (SSSR count). The monoisotopic (exact) mass is 780 g/mol. The van der Waals surface area contributed by atoms with Gasteiger partial charge >= 0.3 is 0 Å². The first-order chi connectivity index (χ1) is 26.9. The van der Waals surface area contributed by atoms with Gasteiger partial charge in [0.15, 0.2) is 13.9 Å². The molecule has 0 aliphatic carbocycles. The molecule has 0 saturated carbocycles. The Morgan fingerprint density at radius 2 is 1.75 bits per heavy atom. The molecule has 0 bridgehead atoms. The van der Waals surface area contributed by atoms with Gasteiger partial charge in [-0.3, -0.25) is 29.3 Å². The van der Waals surface area contributed by atoms with E-state index in [1.165, 1.54) is 12.1 Å². The lowest BCUT2D eigenvalue weighted by Gasteiger charge is -2.39. The Morgan fingerprint density at radius 1 is 1.02 bits per heavy atom. The third-order valence-corrected chi connectivity index (χ3v) is 14.8. The van der Waals surface area contributed by atoms with Gasteiger partial charge in [-0.15, -0.1) is 5.10 Å². The zero-order valence-electron chi connectivity index (χ0n) is 31.9. The van der Waals surface area contributed by atoms with E-state index in [0.29, 0.717) is 55.8 Å². The van der Waals surface area contributed by atoms with E-state index in [1.807, 2.05) is 79.5 Å². The van der Waals surface area contributed by atoms with Crippen molar-refractivity contribution in [3.63, 3.8) is 0 Å². The van der Waals surface area contributed by atoms with Gasteiger partial charge in [-0.05, 0) is 81.3 Å². The Labute approximate surface area is 326 Å². The first-order valence-electron chi connectivity index (χ1n) is 19.3. The predicted molar refractivity (Wildman–Crippen MR) is 211 cm³/mol. The summed E-state index contributed by atoms with van der Waals surface area (Å²) in [5.41, 5.74) is 1.47. The Kier molecular flexibility index (Phi) is 9.81. The predicted octanol–water partition coefficient (Wildman–Crippen LogP) is 4.09. The highest BCUT2D eigenvalue weighted by Crippen LogP contribution is 2.60. The number of carbonyl (C=O) groups excluding carboxylic acids is 2. The van der Waals surface area contributed by atoms with Crippen LogP contribution in [0.3, 0.4) is 0 Å². The maximum atomic E-state index is 15.0. The molecule has 5 heterocycles. The zero-order chi connectivity index (χ0) is 39.4. The number of para-hydroxylation sites is 1. The highest BCUT2D eigenvalue weighted by Gasteiger charge is 2.66. The van der Waals surface area contributed by atoms with E-state index in [0.717, 1.165) is 30.0 Å². The fourth-order valence-corrected chi connectivity index (χ4v) is 12.3. The molecule has 4 atom stereocenters. The van der Waals surface area contributed by atoms with Crippen LogP contribution in [-0.4, -0.2) is 88.0 Å². The molecular formula is C40H48N8O7Si. The van der Waals surface area contributed by atoms with E-state index in [4.69, 9.17) is 4.74 Å². The summed E-state index contributed by atoms with van der Waals surface area (Å²) in [4.78, 5) is 58.2. The van der Waals surface area contributed by atoms with Gasteiger partial charge in [0.05, 0.1) is 35.6 Å². The minimum Gasteiger partial charge on any atom is -0.432 e. The standard InChI is InChI=1S/C40H48N8O7Si/c1-27-36(56(2,3)54)35(15-21-44-25-29(16-22-49)42-43-44)55-40(27)33-23-32(48(52)53)13-14-34(33)45(38(40)51)24-28-9-11-30(12-10-28)46-26-47(31-7-5-4-6-8-31)39(37(46)50)17-19-41-20-18-39/h4-14,23,25,27,35-36,41,49,54H,15-22,24,26H2,1-3H3/t27-,35+,36-,40+/m0/s1. The van der Waals surface area contributed by atoms with Crippen molar-refractivity contribution in [1.29, 1.82) is 0 Å². The number of rotatable bonds is 11.